The lowest BCUT2D eigenvalue weighted by Crippen LogP contribution is -1.78. The molecule has 0 amide bonds. The fourth-order valence-corrected chi connectivity index (χ4v) is 0.566. The third-order valence-corrected chi connectivity index (χ3v) is 1.25. The van der Waals surface area contributed by atoms with Gasteiger partial charge in [-0.15, -0.1) is 6.58 Å². The summed E-state index contributed by atoms with van der Waals surface area (Å²) in [5.74, 6) is 0. The van der Waals surface area contributed by atoms with Gasteiger partial charge in [0, 0.05) is 6.61 Å². The molecule has 0 aromatic heterocycles. The zero-order chi connectivity index (χ0) is 8.95. The van der Waals surface area contributed by atoms with Crippen LogP contribution in [0.5, 0.6) is 0 Å². The lowest BCUT2D eigenvalue weighted by molar-refractivity contribution is 0.284. The average molecular weight is 158 g/mol. The maximum Gasteiger partial charge on any atom is 0.0431 e. The Bertz CT molecular complexity index is 55.9. The quantitative estimate of drug-likeness (QED) is 0.481. The zero-order valence-corrected chi connectivity index (χ0v) is 7.97. The molecule has 0 aromatic carbocycles. The SMILES string of the molecule is C=CCCC.CCCCCO. The Kier molecular flexibility index (Phi) is 19.8. The molecule has 1 heteroatoms. The smallest absolute Gasteiger partial charge is 0.0431 e. The van der Waals surface area contributed by atoms with E-state index in [0.29, 0.717) is 6.61 Å². The second-order valence-electron chi connectivity index (χ2n) is 2.51. The maximum absolute atomic E-state index is 8.20. The molecule has 0 aliphatic heterocycles. The van der Waals surface area contributed by atoms with E-state index in [4.69, 9.17) is 5.11 Å². The molecule has 0 atom stereocenters. The minimum absolute atomic E-state index is 0.355. The van der Waals surface area contributed by atoms with Crippen molar-refractivity contribution < 1.29 is 5.11 Å². The monoisotopic (exact) mass is 158 g/mol. The van der Waals surface area contributed by atoms with Crippen molar-refractivity contribution in [1.29, 1.82) is 0 Å². The van der Waals surface area contributed by atoms with Gasteiger partial charge < -0.3 is 5.11 Å². The van der Waals surface area contributed by atoms with Gasteiger partial charge in [-0.1, -0.05) is 39.2 Å². The largest absolute Gasteiger partial charge is 0.396 e. The summed E-state index contributed by atoms with van der Waals surface area (Å²) >= 11 is 0. The first kappa shape index (κ1) is 13.3. The first-order valence-electron chi connectivity index (χ1n) is 4.55. The van der Waals surface area contributed by atoms with Crippen molar-refractivity contribution in [2.45, 2.75) is 46.0 Å². The average Bonchev–Trinajstić information content (AvgIpc) is 2.04. The van der Waals surface area contributed by atoms with Crippen LogP contribution in [-0.2, 0) is 0 Å². The van der Waals surface area contributed by atoms with Crippen molar-refractivity contribution >= 4 is 0 Å². The second-order valence-corrected chi connectivity index (χ2v) is 2.51. The molecule has 1 N–H and O–H groups in total. The number of unbranched alkanes of at least 4 members (excludes halogenated alkanes) is 3. The van der Waals surface area contributed by atoms with E-state index < -0.39 is 0 Å². The van der Waals surface area contributed by atoms with Gasteiger partial charge in [-0.05, 0) is 12.8 Å². The summed E-state index contributed by atoms with van der Waals surface area (Å²) in [7, 11) is 0. The number of hydrogen-bond acceptors (Lipinski definition) is 1. The first-order valence-corrected chi connectivity index (χ1v) is 4.55. The maximum atomic E-state index is 8.20. The Balaban J connectivity index is 0. The van der Waals surface area contributed by atoms with Crippen molar-refractivity contribution in [3.63, 3.8) is 0 Å². The van der Waals surface area contributed by atoms with Gasteiger partial charge in [-0.2, -0.15) is 0 Å². The van der Waals surface area contributed by atoms with Crippen LogP contribution < -0.4 is 0 Å². The molecule has 1 nitrogen and oxygen atoms in total. The lowest BCUT2D eigenvalue weighted by Gasteiger charge is -1.85. The van der Waals surface area contributed by atoms with Crippen LogP contribution in [0.2, 0.25) is 0 Å². The van der Waals surface area contributed by atoms with Crippen molar-refractivity contribution in [2.75, 3.05) is 6.61 Å². The summed E-state index contributed by atoms with van der Waals surface area (Å²) in [4.78, 5) is 0. The Morgan fingerprint density at radius 3 is 1.91 bits per heavy atom. The van der Waals surface area contributed by atoms with Gasteiger partial charge >= 0.3 is 0 Å². The van der Waals surface area contributed by atoms with Gasteiger partial charge in [0.25, 0.3) is 0 Å². The van der Waals surface area contributed by atoms with Gasteiger partial charge in [-0.3, -0.25) is 0 Å². The summed E-state index contributed by atoms with van der Waals surface area (Å²) in [6.45, 7) is 8.17. The van der Waals surface area contributed by atoms with Crippen LogP contribution in [-0.4, -0.2) is 11.7 Å². The van der Waals surface area contributed by atoms with Crippen molar-refractivity contribution in [3.8, 4) is 0 Å². The Morgan fingerprint density at radius 1 is 1.18 bits per heavy atom. The van der Waals surface area contributed by atoms with Crippen LogP contribution in [0.4, 0.5) is 0 Å². The van der Waals surface area contributed by atoms with E-state index >= 15 is 0 Å². The zero-order valence-electron chi connectivity index (χ0n) is 7.97. The van der Waals surface area contributed by atoms with Gasteiger partial charge in [0.1, 0.15) is 0 Å². The summed E-state index contributed by atoms with van der Waals surface area (Å²) in [6.07, 6.45) is 7.64. The molecule has 0 spiro atoms. The lowest BCUT2D eigenvalue weighted by atomic mass is 10.3. The molecule has 0 heterocycles. The molecule has 0 aliphatic carbocycles. The molecule has 0 saturated heterocycles. The molecular formula is C10H22O. The Hall–Kier alpha value is -0.300. The van der Waals surface area contributed by atoms with E-state index in [1.54, 1.807) is 0 Å². The van der Waals surface area contributed by atoms with E-state index in [1.165, 1.54) is 12.8 Å². The molecule has 0 aliphatic rings. The first-order chi connectivity index (χ1) is 5.33. The van der Waals surface area contributed by atoms with Crippen LogP contribution in [0.1, 0.15) is 46.0 Å². The molecular weight excluding hydrogens is 136 g/mol. The van der Waals surface area contributed by atoms with Crippen molar-refractivity contribution in [1.82, 2.24) is 0 Å². The standard InChI is InChI=1S/C5H12O.C5H10/c1-2-3-4-5-6;1-3-5-4-2/h6H,2-5H2,1H3;3H,1,4-5H2,2H3. The topological polar surface area (TPSA) is 20.2 Å². The highest BCUT2D eigenvalue weighted by Crippen LogP contribution is 1.89. The van der Waals surface area contributed by atoms with Crippen LogP contribution in [0.3, 0.4) is 0 Å². The number of aliphatic hydroxyl groups is 1. The van der Waals surface area contributed by atoms with E-state index in [0.717, 1.165) is 19.3 Å². The molecule has 0 rings (SSSR count). The predicted molar refractivity (Wildman–Crippen MR) is 51.7 cm³/mol. The molecule has 0 aromatic rings. The molecule has 11 heavy (non-hydrogen) atoms. The van der Waals surface area contributed by atoms with E-state index in [9.17, 15) is 0 Å². The minimum Gasteiger partial charge on any atom is -0.396 e. The second kappa shape index (κ2) is 16.4. The molecule has 0 fully saturated rings. The van der Waals surface area contributed by atoms with Gasteiger partial charge in [0.2, 0.25) is 0 Å². The molecule has 0 unspecified atom stereocenters. The normalized spacial score (nSPS) is 8.27. The highest BCUT2D eigenvalue weighted by atomic mass is 16.2. The number of hydrogen-bond donors (Lipinski definition) is 1. The summed E-state index contributed by atoms with van der Waals surface area (Å²) < 4.78 is 0. The van der Waals surface area contributed by atoms with Crippen LogP contribution in [0.25, 0.3) is 0 Å². The van der Waals surface area contributed by atoms with Crippen LogP contribution >= 0.6 is 0 Å². The summed E-state index contributed by atoms with van der Waals surface area (Å²) in [6, 6.07) is 0. The van der Waals surface area contributed by atoms with E-state index in [-0.39, 0.29) is 0 Å². The van der Waals surface area contributed by atoms with Crippen LogP contribution in [0.15, 0.2) is 12.7 Å². The van der Waals surface area contributed by atoms with Gasteiger partial charge in [0.15, 0.2) is 0 Å². The molecule has 0 radical (unpaired) electrons. The Morgan fingerprint density at radius 2 is 1.82 bits per heavy atom. The molecule has 0 bridgehead atoms. The van der Waals surface area contributed by atoms with Gasteiger partial charge in [-0.25, -0.2) is 0 Å². The van der Waals surface area contributed by atoms with Crippen molar-refractivity contribution in [2.24, 2.45) is 0 Å². The van der Waals surface area contributed by atoms with E-state index in [1.807, 2.05) is 6.08 Å². The minimum atomic E-state index is 0.355. The highest BCUT2D eigenvalue weighted by molar-refractivity contribution is 4.63. The fraction of sp³-hybridized carbons (Fsp3) is 0.800. The molecule has 0 saturated carbocycles. The predicted octanol–water partition coefficient (Wildman–Crippen LogP) is 3.14. The third kappa shape index (κ3) is 26.0. The Labute approximate surface area is 71.1 Å². The summed E-state index contributed by atoms with van der Waals surface area (Å²) in [5.41, 5.74) is 0. The third-order valence-electron chi connectivity index (χ3n) is 1.25. The number of aliphatic hydroxyl groups excluding tert-OH is 1. The fourth-order valence-electron chi connectivity index (χ4n) is 0.566. The number of allylic oxidation sites excluding steroid dienone is 1. The van der Waals surface area contributed by atoms with Crippen molar-refractivity contribution in [3.05, 3.63) is 12.7 Å². The molecule has 68 valence electrons. The van der Waals surface area contributed by atoms with E-state index in [2.05, 4.69) is 20.4 Å². The summed E-state index contributed by atoms with van der Waals surface area (Å²) in [5, 5.41) is 8.20. The van der Waals surface area contributed by atoms with Crippen LogP contribution in [0, 0.1) is 0 Å². The van der Waals surface area contributed by atoms with Gasteiger partial charge in [0.05, 0.1) is 0 Å². The number of rotatable bonds is 5. The highest BCUT2D eigenvalue weighted by Gasteiger charge is 1.76.